The number of carboxylic acid groups (broad SMARTS) is 1. The molecule has 20 heavy (non-hydrogen) atoms. The molecule has 1 unspecified atom stereocenters. The number of aliphatic carboxylic acids is 1. The molecule has 0 radical (unpaired) electrons. The molecule has 0 bridgehead atoms. The summed E-state index contributed by atoms with van der Waals surface area (Å²) in [5.41, 5.74) is -0.152. The number of amides is 2. The monoisotopic (exact) mass is 286 g/mol. The molecule has 0 heterocycles. The molecule has 0 saturated heterocycles. The lowest BCUT2D eigenvalue weighted by Gasteiger charge is -2.20. The summed E-state index contributed by atoms with van der Waals surface area (Å²) in [7, 11) is 1.37. The zero-order chi connectivity index (χ0) is 15.4. The van der Waals surface area contributed by atoms with Gasteiger partial charge in [0, 0.05) is 19.7 Å². The number of urea groups is 1. The summed E-state index contributed by atoms with van der Waals surface area (Å²) in [5, 5.41) is 10.9. The molecule has 0 aliphatic rings. The minimum absolute atomic E-state index is 0.0445. The second-order valence-corrected chi connectivity index (χ2v) is 4.63. The molecule has 1 aromatic rings. The number of benzene rings is 1. The van der Waals surface area contributed by atoms with Gasteiger partial charge >= 0.3 is 12.0 Å². The van der Waals surface area contributed by atoms with Gasteiger partial charge in [0.05, 0.1) is 11.6 Å². The standard InChI is InChI=1S/C13H16F2N2O3/c1-7-4-10(15)11(5-9(7)14)16-13(20)17(3)6-8(2)12(18)19/h4-5,8H,6H2,1-3H3,(H,16,20)(H,18,19). The van der Waals surface area contributed by atoms with E-state index < -0.39 is 29.6 Å². The molecule has 0 aliphatic carbocycles. The number of carboxylic acids is 1. The number of nitrogens with one attached hydrogen (secondary N) is 1. The highest BCUT2D eigenvalue weighted by Crippen LogP contribution is 2.19. The Bertz CT molecular complexity index is 535. The van der Waals surface area contributed by atoms with E-state index in [1.807, 2.05) is 0 Å². The predicted octanol–water partition coefficient (Wildman–Crippen LogP) is 2.46. The van der Waals surface area contributed by atoms with Crippen LogP contribution in [0.1, 0.15) is 12.5 Å². The third-order valence-electron chi connectivity index (χ3n) is 2.81. The minimum atomic E-state index is -1.04. The van der Waals surface area contributed by atoms with Crippen LogP contribution in [0, 0.1) is 24.5 Å². The molecule has 2 amide bonds. The van der Waals surface area contributed by atoms with Crippen molar-refractivity contribution in [3.8, 4) is 0 Å². The first-order chi connectivity index (χ1) is 9.22. The van der Waals surface area contributed by atoms with Gasteiger partial charge in [-0.3, -0.25) is 4.79 Å². The topological polar surface area (TPSA) is 69.6 Å². The molecule has 0 aliphatic heterocycles. The van der Waals surface area contributed by atoms with E-state index in [2.05, 4.69) is 5.32 Å². The maximum atomic E-state index is 13.6. The number of nitrogens with zero attached hydrogens (tertiary/aromatic N) is 1. The number of carbonyl (C=O) groups excluding carboxylic acids is 1. The van der Waals surface area contributed by atoms with Crippen LogP contribution in [0.2, 0.25) is 0 Å². The number of hydrogen-bond donors (Lipinski definition) is 2. The second-order valence-electron chi connectivity index (χ2n) is 4.63. The van der Waals surface area contributed by atoms with Crippen molar-refractivity contribution in [3.63, 3.8) is 0 Å². The van der Waals surface area contributed by atoms with Gasteiger partial charge in [-0.05, 0) is 18.6 Å². The Kier molecular flexibility index (Phi) is 5.01. The van der Waals surface area contributed by atoms with Crippen molar-refractivity contribution >= 4 is 17.7 Å². The maximum Gasteiger partial charge on any atom is 0.321 e. The third kappa shape index (κ3) is 3.91. The van der Waals surface area contributed by atoms with Crippen molar-refractivity contribution in [1.29, 1.82) is 0 Å². The number of aryl methyl sites for hydroxylation is 1. The van der Waals surface area contributed by atoms with Gasteiger partial charge in [-0.2, -0.15) is 0 Å². The molecule has 0 saturated carbocycles. The summed E-state index contributed by atoms with van der Waals surface area (Å²) in [6.07, 6.45) is 0. The Morgan fingerprint density at radius 3 is 2.50 bits per heavy atom. The lowest BCUT2D eigenvalue weighted by atomic mass is 10.2. The lowest BCUT2D eigenvalue weighted by molar-refractivity contribution is -0.141. The second kappa shape index (κ2) is 6.31. The predicted molar refractivity (Wildman–Crippen MR) is 69.5 cm³/mol. The summed E-state index contributed by atoms with van der Waals surface area (Å²) in [6.45, 7) is 2.81. The molecule has 1 rings (SSSR count). The fourth-order valence-corrected chi connectivity index (χ4v) is 1.52. The van der Waals surface area contributed by atoms with Crippen LogP contribution in [0.15, 0.2) is 12.1 Å². The van der Waals surface area contributed by atoms with Gasteiger partial charge < -0.3 is 15.3 Å². The maximum absolute atomic E-state index is 13.6. The highest BCUT2D eigenvalue weighted by molar-refractivity contribution is 5.89. The Balaban J connectivity index is 2.76. The molecular formula is C13H16F2N2O3. The number of hydrogen-bond acceptors (Lipinski definition) is 2. The third-order valence-corrected chi connectivity index (χ3v) is 2.81. The summed E-state index contributed by atoms with van der Waals surface area (Å²) in [6, 6.07) is 1.15. The average molecular weight is 286 g/mol. The first-order valence-corrected chi connectivity index (χ1v) is 5.93. The minimum Gasteiger partial charge on any atom is -0.481 e. The van der Waals surface area contributed by atoms with Crippen LogP contribution < -0.4 is 5.32 Å². The van der Waals surface area contributed by atoms with Crippen LogP contribution in [0.25, 0.3) is 0 Å². The van der Waals surface area contributed by atoms with Crippen molar-refractivity contribution in [2.45, 2.75) is 13.8 Å². The molecule has 1 aromatic carbocycles. The van der Waals surface area contributed by atoms with Crippen molar-refractivity contribution in [1.82, 2.24) is 4.90 Å². The molecule has 0 aromatic heterocycles. The Morgan fingerprint density at radius 2 is 1.95 bits per heavy atom. The van der Waals surface area contributed by atoms with Crippen molar-refractivity contribution in [3.05, 3.63) is 29.3 Å². The van der Waals surface area contributed by atoms with Crippen LogP contribution in [0.5, 0.6) is 0 Å². The number of carbonyl (C=O) groups is 2. The van der Waals surface area contributed by atoms with Gasteiger partial charge in [0.25, 0.3) is 0 Å². The Labute approximate surface area is 115 Å². The smallest absolute Gasteiger partial charge is 0.321 e. The van der Waals surface area contributed by atoms with Crippen molar-refractivity contribution < 1.29 is 23.5 Å². The van der Waals surface area contributed by atoms with E-state index >= 15 is 0 Å². The van der Waals surface area contributed by atoms with Gasteiger partial charge in [0.2, 0.25) is 0 Å². The molecule has 1 atom stereocenters. The largest absolute Gasteiger partial charge is 0.481 e. The quantitative estimate of drug-likeness (QED) is 0.893. The summed E-state index contributed by atoms with van der Waals surface area (Å²) < 4.78 is 26.9. The zero-order valence-electron chi connectivity index (χ0n) is 11.4. The first kappa shape index (κ1) is 15.9. The van der Waals surface area contributed by atoms with Crippen LogP contribution in [-0.4, -0.2) is 35.6 Å². The van der Waals surface area contributed by atoms with E-state index in [0.29, 0.717) is 0 Å². The van der Waals surface area contributed by atoms with Crippen LogP contribution in [0.3, 0.4) is 0 Å². The van der Waals surface area contributed by atoms with E-state index in [4.69, 9.17) is 5.11 Å². The first-order valence-electron chi connectivity index (χ1n) is 5.93. The van der Waals surface area contributed by atoms with E-state index in [1.165, 1.54) is 20.9 Å². The number of anilines is 1. The normalized spacial score (nSPS) is 11.8. The molecule has 5 nitrogen and oxygen atoms in total. The van der Waals surface area contributed by atoms with Crippen LogP contribution >= 0.6 is 0 Å². The summed E-state index contributed by atoms with van der Waals surface area (Å²) in [4.78, 5) is 23.5. The van der Waals surface area contributed by atoms with Gasteiger partial charge in [-0.25, -0.2) is 13.6 Å². The van der Waals surface area contributed by atoms with Crippen molar-refractivity contribution in [2.24, 2.45) is 5.92 Å². The zero-order valence-corrected chi connectivity index (χ0v) is 11.4. The van der Waals surface area contributed by atoms with E-state index in [9.17, 15) is 18.4 Å². The van der Waals surface area contributed by atoms with E-state index in [1.54, 1.807) is 0 Å². The van der Waals surface area contributed by atoms with Gasteiger partial charge in [-0.15, -0.1) is 0 Å². The fraction of sp³-hybridized carbons (Fsp3) is 0.385. The van der Waals surface area contributed by atoms with E-state index in [-0.39, 0.29) is 17.8 Å². The molecule has 2 N–H and O–H groups in total. The van der Waals surface area contributed by atoms with Gasteiger partial charge in [-0.1, -0.05) is 6.92 Å². The SMILES string of the molecule is Cc1cc(F)c(NC(=O)N(C)CC(C)C(=O)O)cc1F. The van der Waals surface area contributed by atoms with Crippen molar-refractivity contribution in [2.75, 3.05) is 18.9 Å². The van der Waals surface area contributed by atoms with Gasteiger partial charge in [0.1, 0.15) is 11.6 Å². The van der Waals surface area contributed by atoms with Crippen LogP contribution in [0.4, 0.5) is 19.3 Å². The molecule has 0 spiro atoms. The fourth-order valence-electron chi connectivity index (χ4n) is 1.52. The number of halogens is 2. The average Bonchev–Trinajstić information content (AvgIpc) is 2.35. The number of rotatable bonds is 4. The Morgan fingerprint density at radius 1 is 1.35 bits per heavy atom. The summed E-state index contributed by atoms with van der Waals surface area (Å²) >= 11 is 0. The Hall–Kier alpha value is -2.18. The van der Waals surface area contributed by atoms with Gasteiger partial charge in [0.15, 0.2) is 0 Å². The highest BCUT2D eigenvalue weighted by atomic mass is 19.1. The molecule has 7 heteroatoms. The molecule has 0 fully saturated rings. The summed E-state index contributed by atoms with van der Waals surface area (Å²) in [5.74, 6) is -3.19. The van der Waals surface area contributed by atoms with Crippen LogP contribution in [-0.2, 0) is 4.79 Å². The molecular weight excluding hydrogens is 270 g/mol. The lowest BCUT2D eigenvalue weighted by Crippen LogP contribution is -2.36. The van der Waals surface area contributed by atoms with E-state index in [0.717, 1.165) is 17.0 Å². The molecule has 110 valence electrons. The highest BCUT2D eigenvalue weighted by Gasteiger charge is 2.18.